The molecule has 8 heteroatoms. The molecule has 0 spiro atoms. The summed E-state index contributed by atoms with van der Waals surface area (Å²) in [6.45, 7) is 2.73. The Balaban J connectivity index is 1.60. The highest BCUT2D eigenvalue weighted by molar-refractivity contribution is 6.30. The molecule has 0 atom stereocenters. The lowest BCUT2D eigenvalue weighted by molar-refractivity contribution is 0.0729. The molecule has 0 saturated heterocycles. The number of unbranched alkanes of at least 4 members (excludes halogenated alkanes) is 1. The summed E-state index contributed by atoms with van der Waals surface area (Å²) in [4.78, 5) is 24.6. The van der Waals surface area contributed by atoms with Crippen molar-refractivity contribution in [2.45, 2.75) is 19.8 Å². The van der Waals surface area contributed by atoms with Gasteiger partial charge in [-0.25, -0.2) is 10.2 Å². The lowest BCUT2D eigenvalue weighted by Crippen LogP contribution is -2.17. The first-order valence-corrected chi connectivity index (χ1v) is 11.1. The molecule has 0 saturated carbocycles. The first-order valence-electron chi connectivity index (χ1n) is 10.7. The highest BCUT2D eigenvalue weighted by Gasteiger charge is 2.13. The van der Waals surface area contributed by atoms with Gasteiger partial charge in [-0.1, -0.05) is 24.9 Å². The number of esters is 1. The predicted octanol–water partition coefficient (Wildman–Crippen LogP) is 5.51. The lowest BCUT2D eigenvalue weighted by Gasteiger charge is -2.10. The smallest absolute Gasteiger partial charge is 0.343 e. The van der Waals surface area contributed by atoms with Gasteiger partial charge in [-0.2, -0.15) is 5.10 Å². The number of rotatable bonds is 10. The maximum atomic E-state index is 12.5. The van der Waals surface area contributed by atoms with E-state index >= 15 is 0 Å². The van der Waals surface area contributed by atoms with Gasteiger partial charge in [-0.05, 0) is 78.7 Å². The molecule has 0 aliphatic carbocycles. The molecule has 0 fully saturated rings. The number of hydrazone groups is 1. The lowest BCUT2D eigenvalue weighted by atomic mass is 10.2. The SMILES string of the molecule is CCCCOc1ccc(C(=O)Oc2ccc(/C=N\NC(=O)c3ccc(Cl)cc3)cc2OC)cc1. The molecule has 0 aromatic heterocycles. The fraction of sp³-hybridized carbons (Fsp3) is 0.192. The molecule has 3 rings (SSSR count). The second-order valence-electron chi connectivity index (χ2n) is 7.23. The number of nitrogens with zero attached hydrogens (tertiary/aromatic N) is 1. The number of hydrogen-bond donors (Lipinski definition) is 1. The van der Waals surface area contributed by atoms with E-state index < -0.39 is 5.97 Å². The summed E-state index contributed by atoms with van der Waals surface area (Å²) in [7, 11) is 1.47. The summed E-state index contributed by atoms with van der Waals surface area (Å²) in [6.07, 6.45) is 3.48. The molecule has 0 aliphatic rings. The molecule has 0 unspecified atom stereocenters. The number of carbonyl (C=O) groups excluding carboxylic acids is 2. The zero-order chi connectivity index (χ0) is 24.3. The minimum Gasteiger partial charge on any atom is -0.494 e. The maximum Gasteiger partial charge on any atom is 0.343 e. The summed E-state index contributed by atoms with van der Waals surface area (Å²) in [5.74, 6) is 0.426. The highest BCUT2D eigenvalue weighted by atomic mass is 35.5. The van der Waals surface area contributed by atoms with Gasteiger partial charge in [-0.15, -0.1) is 0 Å². The molecule has 1 N–H and O–H groups in total. The van der Waals surface area contributed by atoms with Gasteiger partial charge in [0, 0.05) is 10.6 Å². The van der Waals surface area contributed by atoms with Crippen molar-refractivity contribution in [3.8, 4) is 17.2 Å². The van der Waals surface area contributed by atoms with E-state index in [1.54, 1.807) is 66.7 Å². The van der Waals surface area contributed by atoms with Crippen LogP contribution in [0.5, 0.6) is 17.2 Å². The fourth-order valence-electron chi connectivity index (χ4n) is 2.86. The monoisotopic (exact) mass is 480 g/mol. The molecule has 7 nitrogen and oxygen atoms in total. The highest BCUT2D eigenvalue weighted by Crippen LogP contribution is 2.28. The summed E-state index contributed by atoms with van der Waals surface area (Å²) in [5, 5.41) is 4.50. The molecule has 34 heavy (non-hydrogen) atoms. The van der Waals surface area contributed by atoms with Gasteiger partial charge in [0.05, 0.1) is 25.5 Å². The van der Waals surface area contributed by atoms with Crippen LogP contribution in [0, 0.1) is 0 Å². The summed E-state index contributed by atoms with van der Waals surface area (Å²) < 4.78 is 16.5. The van der Waals surface area contributed by atoms with E-state index in [2.05, 4.69) is 17.5 Å². The van der Waals surface area contributed by atoms with E-state index in [9.17, 15) is 9.59 Å². The van der Waals surface area contributed by atoms with Crippen molar-refractivity contribution in [1.82, 2.24) is 5.43 Å². The molecule has 176 valence electrons. The Morgan fingerprint density at radius 3 is 2.35 bits per heavy atom. The standard InChI is InChI=1S/C26H25ClN2O5/c1-3-4-15-33-22-12-8-20(9-13-22)26(31)34-23-14-5-18(16-24(23)32-2)17-28-29-25(30)19-6-10-21(27)11-7-19/h5-14,16-17H,3-4,15H2,1-2H3,(H,29,30)/b28-17-. The third kappa shape index (κ3) is 7.08. The Morgan fingerprint density at radius 2 is 1.68 bits per heavy atom. The number of hydrogen-bond acceptors (Lipinski definition) is 6. The maximum absolute atomic E-state index is 12.5. The molecule has 0 aliphatic heterocycles. The van der Waals surface area contributed by atoms with Crippen LogP contribution < -0.4 is 19.6 Å². The molecule has 3 aromatic rings. The van der Waals surface area contributed by atoms with E-state index in [0.717, 1.165) is 12.8 Å². The third-order valence-corrected chi connectivity index (χ3v) is 4.99. The minimum atomic E-state index is -0.518. The predicted molar refractivity (Wildman–Crippen MR) is 131 cm³/mol. The zero-order valence-corrected chi connectivity index (χ0v) is 19.7. The quantitative estimate of drug-likeness (QED) is 0.136. The largest absolute Gasteiger partial charge is 0.494 e. The average molecular weight is 481 g/mol. The molecular weight excluding hydrogens is 456 g/mol. The normalized spacial score (nSPS) is 10.7. The van der Waals surface area contributed by atoms with Gasteiger partial charge in [0.1, 0.15) is 5.75 Å². The Kier molecular flexibility index (Phi) is 9.05. The Bertz CT molecular complexity index is 1140. The van der Waals surface area contributed by atoms with Crippen molar-refractivity contribution in [2.24, 2.45) is 5.10 Å². The second kappa shape index (κ2) is 12.4. The third-order valence-electron chi connectivity index (χ3n) is 4.73. The molecule has 0 heterocycles. The van der Waals surface area contributed by atoms with Crippen LogP contribution in [0.15, 0.2) is 71.8 Å². The van der Waals surface area contributed by atoms with E-state index in [1.165, 1.54) is 13.3 Å². The van der Waals surface area contributed by atoms with Gasteiger partial charge < -0.3 is 14.2 Å². The molecule has 1 amide bonds. The Hall–Kier alpha value is -3.84. The van der Waals surface area contributed by atoms with Gasteiger partial charge in [0.25, 0.3) is 5.91 Å². The van der Waals surface area contributed by atoms with Gasteiger partial charge in [-0.3, -0.25) is 4.79 Å². The summed E-state index contributed by atoms with van der Waals surface area (Å²) in [5.41, 5.74) is 3.91. The second-order valence-corrected chi connectivity index (χ2v) is 7.67. The van der Waals surface area contributed by atoms with Crippen molar-refractivity contribution >= 4 is 29.7 Å². The summed E-state index contributed by atoms with van der Waals surface area (Å²) >= 11 is 5.83. The average Bonchev–Trinajstić information content (AvgIpc) is 2.85. The zero-order valence-electron chi connectivity index (χ0n) is 18.9. The van der Waals surface area contributed by atoms with Crippen molar-refractivity contribution in [1.29, 1.82) is 0 Å². The van der Waals surface area contributed by atoms with Crippen LogP contribution in [0.2, 0.25) is 5.02 Å². The molecule has 0 bridgehead atoms. The molecule has 3 aromatic carbocycles. The minimum absolute atomic E-state index is 0.262. The first kappa shape index (κ1) is 24.8. The van der Waals surface area contributed by atoms with Crippen molar-refractivity contribution < 1.29 is 23.8 Å². The van der Waals surface area contributed by atoms with Crippen molar-refractivity contribution in [3.05, 3.63) is 88.4 Å². The first-order chi connectivity index (χ1) is 16.5. The van der Waals surface area contributed by atoms with E-state index in [0.29, 0.717) is 39.8 Å². The van der Waals surface area contributed by atoms with E-state index in [1.807, 2.05) is 0 Å². The van der Waals surface area contributed by atoms with Crippen LogP contribution in [0.25, 0.3) is 0 Å². The van der Waals surface area contributed by atoms with Gasteiger partial charge in [0.2, 0.25) is 0 Å². The van der Waals surface area contributed by atoms with Crippen LogP contribution in [0.1, 0.15) is 46.0 Å². The topological polar surface area (TPSA) is 86.2 Å². The number of methoxy groups -OCH3 is 1. The summed E-state index contributed by atoms with van der Waals surface area (Å²) in [6, 6.07) is 18.2. The van der Waals surface area contributed by atoms with Crippen LogP contribution >= 0.6 is 11.6 Å². The van der Waals surface area contributed by atoms with Gasteiger partial charge >= 0.3 is 5.97 Å². The van der Waals surface area contributed by atoms with Crippen molar-refractivity contribution in [3.63, 3.8) is 0 Å². The Labute approximate surface area is 203 Å². The number of benzene rings is 3. The number of amides is 1. The van der Waals surface area contributed by atoms with Crippen LogP contribution in [-0.2, 0) is 0 Å². The van der Waals surface area contributed by atoms with E-state index in [4.69, 9.17) is 25.8 Å². The molecule has 0 radical (unpaired) electrons. The number of nitrogens with one attached hydrogen (secondary N) is 1. The number of carbonyl (C=O) groups is 2. The van der Waals surface area contributed by atoms with Crippen LogP contribution in [-0.4, -0.2) is 31.8 Å². The fourth-order valence-corrected chi connectivity index (χ4v) is 2.99. The van der Waals surface area contributed by atoms with Crippen molar-refractivity contribution in [2.75, 3.05) is 13.7 Å². The van der Waals surface area contributed by atoms with Crippen LogP contribution in [0.4, 0.5) is 0 Å². The molecular formula is C26H25ClN2O5. The Morgan fingerprint density at radius 1 is 0.971 bits per heavy atom. The number of ether oxygens (including phenoxy) is 3. The van der Waals surface area contributed by atoms with E-state index in [-0.39, 0.29) is 11.7 Å². The van der Waals surface area contributed by atoms with Gasteiger partial charge in [0.15, 0.2) is 11.5 Å². The van der Waals surface area contributed by atoms with Crippen LogP contribution in [0.3, 0.4) is 0 Å². The number of halogens is 1.